The second-order valence-electron chi connectivity index (χ2n) is 5.40. The van der Waals surface area contributed by atoms with Crippen LogP contribution in [-0.4, -0.2) is 38.6 Å². The molecule has 0 amide bonds. The average Bonchev–Trinajstić information content (AvgIpc) is 2.41. The normalized spacial score (nSPS) is 17.2. The highest BCUT2D eigenvalue weighted by Gasteiger charge is 2.19. The van der Waals surface area contributed by atoms with E-state index in [2.05, 4.69) is 22.9 Å². The summed E-state index contributed by atoms with van der Waals surface area (Å²) in [6, 6.07) is 7.69. The second kappa shape index (κ2) is 6.27. The van der Waals surface area contributed by atoms with E-state index in [9.17, 15) is 5.26 Å². The fourth-order valence-corrected chi connectivity index (χ4v) is 2.81. The van der Waals surface area contributed by atoms with Crippen molar-refractivity contribution < 1.29 is 0 Å². The molecular formula is C15H20ClN3. The number of hydrogen-bond donors (Lipinski definition) is 0. The zero-order valence-electron chi connectivity index (χ0n) is 11.6. The number of nitrogens with zero attached hydrogens (tertiary/aromatic N) is 3. The standard InChI is InChI=1S/C15H20ClN3/c1-18-7-5-12(6-8-18)11-19(2)15-9-14(16)4-3-13(15)10-17/h3-4,9,12H,5-8,11H2,1-2H3. The molecule has 0 bridgehead atoms. The number of rotatable bonds is 3. The summed E-state index contributed by atoms with van der Waals surface area (Å²) in [5, 5.41) is 9.86. The van der Waals surface area contributed by atoms with Crippen molar-refractivity contribution in [3.8, 4) is 6.07 Å². The van der Waals surface area contributed by atoms with Crippen molar-refractivity contribution in [1.82, 2.24) is 4.90 Å². The molecule has 4 heteroatoms. The Morgan fingerprint density at radius 3 is 2.74 bits per heavy atom. The lowest BCUT2D eigenvalue weighted by molar-refractivity contribution is 0.222. The van der Waals surface area contributed by atoms with Crippen LogP contribution in [-0.2, 0) is 0 Å². The molecule has 1 aliphatic heterocycles. The summed E-state index contributed by atoms with van der Waals surface area (Å²) in [5.74, 6) is 0.701. The predicted octanol–water partition coefficient (Wildman–Crippen LogP) is 2.99. The number of nitriles is 1. The van der Waals surface area contributed by atoms with Crippen LogP contribution in [0, 0.1) is 17.2 Å². The molecule has 0 atom stereocenters. The van der Waals surface area contributed by atoms with E-state index in [1.54, 1.807) is 12.1 Å². The monoisotopic (exact) mass is 277 g/mol. The SMILES string of the molecule is CN1CCC(CN(C)c2cc(Cl)ccc2C#N)CC1. The first-order chi connectivity index (χ1) is 9.10. The van der Waals surface area contributed by atoms with Crippen LogP contribution in [0.5, 0.6) is 0 Å². The van der Waals surface area contributed by atoms with Gasteiger partial charge >= 0.3 is 0 Å². The third-order valence-corrected chi connectivity index (χ3v) is 4.10. The maximum absolute atomic E-state index is 9.17. The van der Waals surface area contributed by atoms with E-state index in [0.29, 0.717) is 16.5 Å². The Labute approximate surface area is 120 Å². The summed E-state index contributed by atoms with van der Waals surface area (Å²) in [4.78, 5) is 4.54. The fourth-order valence-electron chi connectivity index (χ4n) is 2.65. The number of hydrogen-bond acceptors (Lipinski definition) is 3. The first kappa shape index (κ1) is 14.2. The highest BCUT2D eigenvalue weighted by Crippen LogP contribution is 2.26. The van der Waals surface area contributed by atoms with Crippen molar-refractivity contribution in [1.29, 1.82) is 5.26 Å². The summed E-state index contributed by atoms with van der Waals surface area (Å²) in [5.41, 5.74) is 1.63. The second-order valence-corrected chi connectivity index (χ2v) is 5.84. The number of anilines is 1. The zero-order valence-corrected chi connectivity index (χ0v) is 12.3. The van der Waals surface area contributed by atoms with E-state index in [1.807, 2.05) is 13.1 Å². The van der Waals surface area contributed by atoms with E-state index in [1.165, 1.54) is 25.9 Å². The van der Waals surface area contributed by atoms with Crippen LogP contribution < -0.4 is 4.90 Å². The number of halogens is 1. The Kier molecular flexibility index (Phi) is 4.68. The lowest BCUT2D eigenvalue weighted by Crippen LogP contribution is -2.35. The Hall–Kier alpha value is -1.24. The molecule has 0 unspecified atom stereocenters. The fraction of sp³-hybridized carbons (Fsp3) is 0.533. The van der Waals surface area contributed by atoms with Crippen molar-refractivity contribution in [2.75, 3.05) is 38.6 Å². The summed E-state index contributed by atoms with van der Waals surface area (Å²) < 4.78 is 0. The Morgan fingerprint density at radius 1 is 1.42 bits per heavy atom. The van der Waals surface area contributed by atoms with E-state index in [0.717, 1.165) is 12.2 Å². The number of piperidine rings is 1. The van der Waals surface area contributed by atoms with Gasteiger partial charge in [0.25, 0.3) is 0 Å². The van der Waals surface area contributed by atoms with Crippen molar-refractivity contribution in [2.45, 2.75) is 12.8 Å². The molecule has 1 aliphatic rings. The van der Waals surface area contributed by atoms with Crippen LogP contribution in [0.3, 0.4) is 0 Å². The highest BCUT2D eigenvalue weighted by atomic mass is 35.5. The van der Waals surface area contributed by atoms with Crippen molar-refractivity contribution in [3.63, 3.8) is 0 Å². The molecule has 0 aromatic heterocycles. The molecule has 0 aliphatic carbocycles. The molecule has 19 heavy (non-hydrogen) atoms. The molecule has 3 nitrogen and oxygen atoms in total. The van der Waals surface area contributed by atoms with Gasteiger partial charge in [0.2, 0.25) is 0 Å². The van der Waals surface area contributed by atoms with E-state index in [4.69, 9.17) is 11.6 Å². The van der Waals surface area contributed by atoms with Gasteiger partial charge < -0.3 is 9.80 Å². The molecule has 0 saturated carbocycles. The van der Waals surface area contributed by atoms with Gasteiger partial charge in [0, 0.05) is 18.6 Å². The predicted molar refractivity (Wildman–Crippen MR) is 79.7 cm³/mol. The Morgan fingerprint density at radius 2 is 2.11 bits per heavy atom. The van der Waals surface area contributed by atoms with Gasteiger partial charge in [0.15, 0.2) is 0 Å². The highest BCUT2D eigenvalue weighted by molar-refractivity contribution is 6.30. The largest absolute Gasteiger partial charge is 0.373 e. The van der Waals surface area contributed by atoms with Crippen LogP contribution in [0.2, 0.25) is 5.02 Å². The minimum absolute atomic E-state index is 0.684. The molecule has 102 valence electrons. The van der Waals surface area contributed by atoms with Gasteiger partial charge in [-0.3, -0.25) is 0 Å². The van der Waals surface area contributed by atoms with Gasteiger partial charge in [0.05, 0.1) is 11.3 Å². The number of benzene rings is 1. The van der Waals surface area contributed by atoms with Crippen molar-refractivity contribution in [2.24, 2.45) is 5.92 Å². The van der Waals surface area contributed by atoms with E-state index >= 15 is 0 Å². The lowest BCUT2D eigenvalue weighted by atomic mass is 9.96. The third-order valence-electron chi connectivity index (χ3n) is 3.86. The van der Waals surface area contributed by atoms with Gasteiger partial charge in [-0.2, -0.15) is 5.26 Å². The molecule has 0 radical (unpaired) electrons. The molecule has 1 aromatic carbocycles. The summed E-state index contributed by atoms with van der Waals surface area (Å²) >= 11 is 6.04. The molecule has 1 fully saturated rings. The van der Waals surface area contributed by atoms with Gasteiger partial charge in [0.1, 0.15) is 6.07 Å². The van der Waals surface area contributed by atoms with Gasteiger partial charge in [-0.15, -0.1) is 0 Å². The molecule has 1 saturated heterocycles. The summed E-state index contributed by atoms with van der Waals surface area (Å²) in [6.45, 7) is 3.32. The van der Waals surface area contributed by atoms with Gasteiger partial charge in [-0.1, -0.05) is 11.6 Å². The lowest BCUT2D eigenvalue weighted by Gasteiger charge is -2.32. The quantitative estimate of drug-likeness (QED) is 0.851. The van der Waals surface area contributed by atoms with Crippen LogP contribution in [0.15, 0.2) is 18.2 Å². The Balaban J connectivity index is 2.05. The molecule has 2 rings (SSSR count). The molecule has 0 spiro atoms. The van der Waals surface area contributed by atoms with Crippen LogP contribution in [0.4, 0.5) is 5.69 Å². The van der Waals surface area contributed by atoms with Gasteiger partial charge in [-0.25, -0.2) is 0 Å². The zero-order chi connectivity index (χ0) is 13.8. The van der Waals surface area contributed by atoms with Crippen LogP contribution in [0.1, 0.15) is 18.4 Å². The summed E-state index contributed by atoms with van der Waals surface area (Å²) in [6.07, 6.45) is 2.45. The molecule has 1 aromatic rings. The maximum atomic E-state index is 9.17. The minimum Gasteiger partial charge on any atom is -0.373 e. The smallest absolute Gasteiger partial charge is 0.101 e. The first-order valence-corrected chi connectivity index (χ1v) is 7.07. The Bertz CT molecular complexity index is 473. The van der Waals surface area contributed by atoms with Crippen LogP contribution in [0.25, 0.3) is 0 Å². The van der Waals surface area contributed by atoms with E-state index < -0.39 is 0 Å². The maximum Gasteiger partial charge on any atom is 0.101 e. The van der Waals surface area contributed by atoms with Gasteiger partial charge in [-0.05, 0) is 57.1 Å². The van der Waals surface area contributed by atoms with Crippen LogP contribution >= 0.6 is 11.6 Å². The average molecular weight is 278 g/mol. The van der Waals surface area contributed by atoms with E-state index in [-0.39, 0.29) is 0 Å². The first-order valence-electron chi connectivity index (χ1n) is 6.69. The summed E-state index contributed by atoms with van der Waals surface area (Å²) in [7, 11) is 4.22. The molecule has 1 heterocycles. The topological polar surface area (TPSA) is 30.3 Å². The number of likely N-dealkylation sites (tertiary alicyclic amines) is 1. The molecular weight excluding hydrogens is 258 g/mol. The third kappa shape index (κ3) is 3.62. The minimum atomic E-state index is 0.684. The van der Waals surface area contributed by atoms with Crippen molar-refractivity contribution >= 4 is 17.3 Å². The van der Waals surface area contributed by atoms with Crippen molar-refractivity contribution in [3.05, 3.63) is 28.8 Å². The molecule has 0 N–H and O–H groups in total.